The molecule has 172 valence electrons. The summed E-state index contributed by atoms with van der Waals surface area (Å²) in [6.45, 7) is 0.0665. The topological polar surface area (TPSA) is 75.7 Å². The number of nitrogens with one attached hydrogen (secondary N) is 1. The van der Waals surface area contributed by atoms with Crippen LogP contribution in [0.2, 0.25) is 0 Å². The average Bonchev–Trinajstić information content (AvgIpc) is 3.20. The summed E-state index contributed by atoms with van der Waals surface area (Å²) in [4.78, 5) is 15.1. The molecule has 1 fully saturated rings. The number of nitrogens with zero attached hydrogens (tertiary/aromatic N) is 1. The number of carbonyl (C=O) groups is 1. The number of ether oxygens (including phenoxy) is 1. The van der Waals surface area contributed by atoms with Crippen LogP contribution in [0.3, 0.4) is 0 Å². The number of amides is 1. The molecule has 0 spiro atoms. The highest BCUT2D eigenvalue weighted by Gasteiger charge is 2.35. The number of benzene rings is 3. The van der Waals surface area contributed by atoms with Crippen molar-refractivity contribution in [1.82, 2.24) is 5.32 Å². The summed E-state index contributed by atoms with van der Waals surface area (Å²) in [5.74, 6) is 0.714. The molecule has 7 heteroatoms. The number of carbonyl (C=O) groups excluding carboxylic acids is 1. The van der Waals surface area contributed by atoms with Crippen LogP contribution >= 0.6 is 0 Å². The zero-order valence-electron chi connectivity index (χ0n) is 18.6. The minimum atomic E-state index is -3.13. The van der Waals surface area contributed by atoms with Crippen LogP contribution in [0.15, 0.2) is 84.9 Å². The molecule has 0 radical (unpaired) electrons. The molecule has 2 atom stereocenters. The van der Waals surface area contributed by atoms with Gasteiger partial charge in [-0.05, 0) is 41.8 Å². The third-order valence-corrected chi connectivity index (χ3v) is 7.67. The van der Waals surface area contributed by atoms with Gasteiger partial charge < -0.3 is 9.64 Å². The highest BCUT2D eigenvalue weighted by molar-refractivity contribution is 7.91. The number of hydrogen-bond donors (Lipinski definition) is 1. The molecule has 0 saturated carbocycles. The van der Waals surface area contributed by atoms with Crippen LogP contribution in [0.1, 0.15) is 23.6 Å². The Kier molecular flexibility index (Phi) is 7.11. The summed E-state index contributed by atoms with van der Waals surface area (Å²) in [5.41, 5.74) is 2.75. The normalized spacial score (nSPS) is 17.9. The maximum Gasteiger partial charge on any atom is 0.241 e. The molecule has 3 aromatic carbocycles. The number of rotatable bonds is 8. The van der Waals surface area contributed by atoms with Crippen molar-refractivity contribution in [3.8, 4) is 5.75 Å². The Labute approximate surface area is 195 Å². The highest BCUT2D eigenvalue weighted by atomic mass is 32.2. The van der Waals surface area contributed by atoms with Gasteiger partial charge in [-0.1, -0.05) is 60.7 Å². The third kappa shape index (κ3) is 5.61. The Hall–Kier alpha value is -3.16. The number of anilines is 1. The fourth-order valence-corrected chi connectivity index (χ4v) is 5.97. The smallest absolute Gasteiger partial charge is 0.241 e. The van der Waals surface area contributed by atoms with Crippen molar-refractivity contribution in [1.29, 1.82) is 0 Å². The van der Waals surface area contributed by atoms with Crippen LogP contribution in [0.4, 0.5) is 5.69 Å². The van der Waals surface area contributed by atoms with Crippen LogP contribution in [0, 0.1) is 0 Å². The Morgan fingerprint density at radius 3 is 2.15 bits per heavy atom. The largest absolute Gasteiger partial charge is 0.497 e. The van der Waals surface area contributed by atoms with E-state index in [9.17, 15) is 13.2 Å². The van der Waals surface area contributed by atoms with Crippen LogP contribution in [0.25, 0.3) is 0 Å². The lowest BCUT2D eigenvalue weighted by atomic mass is 9.98. The molecule has 0 unspecified atom stereocenters. The SMILES string of the molecule is COc1ccc([C@H](NCC(=O)N(c2ccccc2)[C@@H]2CCS(=O)(=O)C2)c2ccccc2)cc1. The van der Waals surface area contributed by atoms with E-state index in [1.807, 2.05) is 84.9 Å². The monoisotopic (exact) mass is 464 g/mol. The predicted molar refractivity (Wildman–Crippen MR) is 130 cm³/mol. The molecule has 3 aromatic rings. The summed E-state index contributed by atoms with van der Waals surface area (Å²) in [7, 11) is -1.51. The molecule has 1 N–H and O–H groups in total. The van der Waals surface area contributed by atoms with Gasteiger partial charge in [0.05, 0.1) is 37.2 Å². The lowest BCUT2D eigenvalue weighted by molar-refractivity contribution is -0.118. The van der Waals surface area contributed by atoms with Crippen molar-refractivity contribution >= 4 is 21.4 Å². The predicted octanol–water partition coefficient (Wildman–Crippen LogP) is 3.59. The molecule has 0 bridgehead atoms. The first kappa shape index (κ1) is 23.0. The maximum atomic E-state index is 13.5. The zero-order chi connectivity index (χ0) is 23.3. The lowest BCUT2D eigenvalue weighted by Crippen LogP contribution is -2.46. The molecule has 33 heavy (non-hydrogen) atoms. The van der Waals surface area contributed by atoms with E-state index >= 15 is 0 Å². The van der Waals surface area contributed by atoms with E-state index < -0.39 is 9.84 Å². The van der Waals surface area contributed by atoms with Crippen molar-refractivity contribution in [2.24, 2.45) is 0 Å². The number of para-hydroxylation sites is 1. The van der Waals surface area contributed by atoms with E-state index in [2.05, 4.69) is 5.32 Å². The van der Waals surface area contributed by atoms with Gasteiger partial charge in [-0.15, -0.1) is 0 Å². The van der Waals surface area contributed by atoms with Crippen LogP contribution < -0.4 is 15.0 Å². The molecule has 1 amide bonds. The molecular formula is C26H28N2O4S. The summed E-state index contributed by atoms with van der Waals surface area (Å²) in [5, 5.41) is 3.40. The number of hydrogen-bond acceptors (Lipinski definition) is 5. The quantitative estimate of drug-likeness (QED) is 0.551. The minimum absolute atomic E-state index is 0.00573. The van der Waals surface area contributed by atoms with Gasteiger partial charge in [-0.3, -0.25) is 10.1 Å². The molecule has 0 aromatic heterocycles. The van der Waals surface area contributed by atoms with Gasteiger partial charge >= 0.3 is 0 Å². The van der Waals surface area contributed by atoms with Crippen molar-refractivity contribution in [2.45, 2.75) is 18.5 Å². The molecule has 1 saturated heterocycles. The first-order valence-corrected chi connectivity index (χ1v) is 12.8. The highest BCUT2D eigenvalue weighted by Crippen LogP contribution is 2.26. The molecule has 6 nitrogen and oxygen atoms in total. The standard InChI is InChI=1S/C26H28N2O4S/c1-32-24-14-12-21(13-15-24)26(20-8-4-2-5-9-20)27-18-25(29)28(22-10-6-3-7-11-22)23-16-17-33(30,31)19-23/h2-15,23,26-27H,16-19H2,1H3/t23-,26-/m1/s1. The zero-order valence-corrected chi connectivity index (χ0v) is 19.4. The second kappa shape index (κ2) is 10.2. The van der Waals surface area contributed by atoms with Crippen LogP contribution in [-0.2, 0) is 14.6 Å². The number of methoxy groups -OCH3 is 1. The fraction of sp³-hybridized carbons (Fsp3) is 0.269. The second-order valence-corrected chi connectivity index (χ2v) is 10.4. The van der Waals surface area contributed by atoms with Crippen molar-refractivity contribution < 1.29 is 17.9 Å². The van der Waals surface area contributed by atoms with E-state index in [4.69, 9.17) is 4.74 Å². The van der Waals surface area contributed by atoms with E-state index in [0.29, 0.717) is 12.1 Å². The van der Waals surface area contributed by atoms with Gasteiger partial charge in [0.2, 0.25) is 5.91 Å². The Balaban J connectivity index is 1.58. The third-order valence-electron chi connectivity index (χ3n) is 5.92. The number of sulfone groups is 1. The molecule has 0 aliphatic carbocycles. The van der Waals surface area contributed by atoms with Gasteiger partial charge in [0.15, 0.2) is 9.84 Å². The van der Waals surface area contributed by atoms with Crippen molar-refractivity contribution in [3.63, 3.8) is 0 Å². The fourth-order valence-electron chi connectivity index (χ4n) is 4.27. The molecular weight excluding hydrogens is 436 g/mol. The molecule has 1 aliphatic heterocycles. The second-order valence-electron chi connectivity index (χ2n) is 8.15. The van der Waals surface area contributed by atoms with Gasteiger partial charge in [-0.25, -0.2) is 8.42 Å². The molecule has 1 aliphatic rings. The van der Waals surface area contributed by atoms with Crippen molar-refractivity contribution in [3.05, 3.63) is 96.1 Å². The first-order valence-electron chi connectivity index (χ1n) is 11.0. The van der Waals surface area contributed by atoms with Gasteiger partial charge in [0.1, 0.15) is 5.75 Å². The van der Waals surface area contributed by atoms with Crippen LogP contribution in [0.5, 0.6) is 5.75 Å². The van der Waals surface area contributed by atoms with Gasteiger partial charge in [-0.2, -0.15) is 0 Å². The van der Waals surface area contributed by atoms with E-state index in [1.54, 1.807) is 12.0 Å². The Bertz CT molecular complexity index is 1170. The van der Waals surface area contributed by atoms with Crippen LogP contribution in [-0.4, -0.2) is 45.5 Å². The summed E-state index contributed by atoms with van der Waals surface area (Å²) in [6, 6.07) is 26.4. The average molecular weight is 465 g/mol. The van der Waals surface area contributed by atoms with Gasteiger partial charge in [0.25, 0.3) is 0 Å². The Morgan fingerprint density at radius 2 is 1.58 bits per heavy atom. The summed E-state index contributed by atoms with van der Waals surface area (Å²) in [6.07, 6.45) is 0.448. The van der Waals surface area contributed by atoms with E-state index in [-0.39, 0.29) is 36.0 Å². The first-order chi connectivity index (χ1) is 16.0. The summed E-state index contributed by atoms with van der Waals surface area (Å²) >= 11 is 0. The maximum absolute atomic E-state index is 13.5. The molecule has 1 heterocycles. The lowest BCUT2D eigenvalue weighted by Gasteiger charge is -2.29. The van der Waals surface area contributed by atoms with Gasteiger partial charge in [0, 0.05) is 5.69 Å². The van der Waals surface area contributed by atoms with Crippen molar-refractivity contribution in [2.75, 3.05) is 30.1 Å². The van der Waals surface area contributed by atoms with E-state index in [0.717, 1.165) is 16.9 Å². The summed E-state index contributed by atoms with van der Waals surface area (Å²) < 4.78 is 29.5. The Morgan fingerprint density at radius 1 is 0.970 bits per heavy atom. The minimum Gasteiger partial charge on any atom is -0.497 e. The molecule has 4 rings (SSSR count). The van der Waals surface area contributed by atoms with E-state index in [1.165, 1.54) is 0 Å².